The van der Waals surface area contributed by atoms with Crippen molar-refractivity contribution in [3.05, 3.63) is 98.9 Å². The fraction of sp³-hybridized carbons (Fsp3) is 0.0800. The lowest BCUT2D eigenvalue weighted by atomic mass is 10.0. The van der Waals surface area contributed by atoms with Gasteiger partial charge in [0.15, 0.2) is 0 Å². The number of ether oxygens (including phenoxy) is 1. The SMILES string of the molecule is O=C(O)[C@H](Cc1ccccc1)N1C(=O)/C(=C/c2cccc(Oc3ccc(Cl)c(Cl)c3)c2)SC1=S. The van der Waals surface area contributed by atoms with Crippen molar-refractivity contribution in [1.82, 2.24) is 4.90 Å². The Morgan fingerprint density at radius 2 is 1.76 bits per heavy atom. The Hall–Kier alpha value is -2.84. The van der Waals surface area contributed by atoms with Crippen LogP contribution in [0.5, 0.6) is 11.5 Å². The molecule has 34 heavy (non-hydrogen) atoms. The Labute approximate surface area is 215 Å². The average Bonchev–Trinajstić information content (AvgIpc) is 3.08. The average molecular weight is 530 g/mol. The van der Waals surface area contributed by atoms with E-state index in [4.69, 9.17) is 40.2 Å². The van der Waals surface area contributed by atoms with Crippen LogP contribution < -0.4 is 4.74 Å². The molecule has 9 heteroatoms. The van der Waals surface area contributed by atoms with Gasteiger partial charge in [-0.3, -0.25) is 9.69 Å². The van der Waals surface area contributed by atoms with Crippen LogP contribution in [-0.2, 0) is 16.0 Å². The Bertz CT molecular complexity index is 1300. The van der Waals surface area contributed by atoms with E-state index in [1.165, 1.54) is 4.90 Å². The lowest BCUT2D eigenvalue weighted by molar-refractivity contribution is -0.145. The number of benzene rings is 3. The summed E-state index contributed by atoms with van der Waals surface area (Å²) in [5, 5.41) is 10.6. The summed E-state index contributed by atoms with van der Waals surface area (Å²) in [5.74, 6) is -0.495. The second-order valence-electron chi connectivity index (χ2n) is 7.35. The maximum Gasteiger partial charge on any atom is 0.327 e. The minimum atomic E-state index is -1.11. The normalized spacial score (nSPS) is 15.6. The van der Waals surface area contributed by atoms with Crippen molar-refractivity contribution < 1.29 is 19.4 Å². The van der Waals surface area contributed by atoms with E-state index < -0.39 is 17.9 Å². The molecule has 1 N–H and O–H groups in total. The monoisotopic (exact) mass is 529 g/mol. The highest BCUT2D eigenvalue weighted by Crippen LogP contribution is 2.36. The van der Waals surface area contributed by atoms with E-state index in [1.807, 2.05) is 36.4 Å². The molecule has 0 radical (unpaired) electrons. The molecule has 1 aliphatic rings. The third-order valence-corrected chi connectivity index (χ3v) is 7.04. The molecule has 1 fully saturated rings. The van der Waals surface area contributed by atoms with E-state index >= 15 is 0 Å². The van der Waals surface area contributed by atoms with E-state index in [9.17, 15) is 14.7 Å². The van der Waals surface area contributed by atoms with Crippen molar-refractivity contribution in [2.24, 2.45) is 0 Å². The zero-order chi connectivity index (χ0) is 24.2. The molecule has 1 amide bonds. The molecule has 0 aliphatic carbocycles. The first-order valence-corrected chi connectivity index (χ1v) is 12.1. The van der Waals surface area contributed by atoms with E-state index in [1.54, 1.807) is 42.5 Å². The van der Waals surface area contributed by atoms with Crippen molar-refractivity contribution in [3.8, 4) is 11.5 Å². The van der Waals surface area contributed by atoms with Crippen LogP contribution >= 0.6 is 47.2 Å². The summed E-state index contributed by atoms with van der Waals surface area (Å²) < 4.78 is 6.06. The minimum absolute atomic E-state index is 0.156. The smallest absolute Gasteiger partial charge is 0.327 e. The minimum Gasteiger partial charge on any atom is -0.480 e. The zero-order valence-corrected chi connectivity index (χ0v) is 20.6. The number of carboxylic acids is 1. The van der Waals surface area contributed by atoms with Crippen LogP contribution in [0.1, 0.15) is 11.1 Å². The largest absolute Gasteiger partial charge is 0.480 e. The molecule has 1 heterocycles. The molecular weight excluding hydrogens is 513 g/mol. The van der Waals surface area contributed by atoms with Gasteiger partial charge in [0, 0.05) is 12.5 Å². The molecule has 3 aromatic carbocycles. The van der Waals surface area contributed by atoms with Crippen LogP contribution in [0.15, 0.2) is 77.7 Å². The number of aliphatic carboxylic acids is 1. The fourth-order valence-corrected chi connectivity index (χ4v) is 5.02. The summed E-state index contributed by atoms with van der Waals surface area (Å²) in [6.07, 6.45) is 1.82. The molecule has 0 spiro atoms. The number of thioether (sulfide) groups is 1. The van der Waals surface area contributed by atoms with Crippen LogP contribution in [0, 0.1) is 0 Å². The van der Waals surface area contributed by atoms with Crippen LogP contribution in [0.25, 0.3) is 6.08 Å². The maximum atomic E-state index is 13.1. The van der Waals surface area contributed by atoms with Gasteiger partial charge in [-0.1, -0.05) is 89.6 Å². The lowest BCUT2D eigenvalue weighted by Crippen LogP contribution is -2.45. The molecule has 0 aromatic heterocycles. The number of hydrogen-bond acceptors (Lipinski definition) is 5. The summed E-state index contributed by atoms with van der Waals surface area (Å²) in [4.78, 5) is 26.6. The van der Waals surface area contributed by atoms with Gasteiger partial charge < -0.3 is 9.84 Å². The standard InChI is InChI=1S/C25H17Cl2NO4S2/c26-19-10-9-18(14-20(19)27)32-17-8-4-7-16(11-17)13-22-23(29)28(25(33)34-22)21(24(30)31)12-15-5-2-1-3-6-15/h1-11,13-14,21H,12H2,(H,30,31)/b22-13-/t21-/m0/s1. The highest BCUT2D eigenvalue weighted by molar-refractivity contribution is 8.26. The zero-order valence-electron chi connectivity index (χ0n) is 17.5. The molecule has 0 bridgehead atoms. The summed E-state index contributed by atoms with van der Waals surface area (Å²) in [6.45, 7) is 0. The number of carbonyl (C=O) groups is 2. The number of halogens is 2. The van der Waals surface area contributed by atoms with Gasteiger partial charge in [0.2, 0.25) is 0 Å². The molecule has 1 aliphatic heterocycles. The van der Waals surface area contributed by atoms with E-state index in [0.717, 1.165) is 17.3 Å². The van der Waals surface area contributed by atoms with Gasteiger partial charge in [-0.05, 0) is 41.5 Å². The second-order valence-corrected chi connectivity index (χ2v) is 9.84. The Balaban J connectivity index is 1.55. The fourth-order valence-electron chi connectivity index (χ4n) is 3.37. The number of hydrogen-bond donors (Lipinski definition) is 1. The van der Waals surface area contributed by atoms with Gasteiger partial charge in [0.25, 0.3) is 5.91 Å². The van der Waals surface area contributed by atoms with Gasteiger partial charge >= 0.3 is 5.97 Å². The van der Waals surface area contributed by atoms with E-state index in [2.05, 4.69) is 0 Å². The van der Waals surface area contributed by atoms with E-state index in [0.29, 0.717) is 32.0 Å². The third-order valence-electron chi connectivity index (χ3n) is 4.97. The highest BCUT2D eigenvalue weighted by Gasteiger charge is 2.40. The first-order valence-electron chi connectivity index (χ1n) is 10.1. The number of rotatable bonds is 7. The molecule has 1 saturated heterocycles. The first kappa shape index (κ1) is 24.3. The lowest BCUT2D eigenvalue weighted by Gasteiger charge is -2.23. The van der Waals surface area contributed by atoms with Gasteiger partial charge in [-0.25, -0.2) is 4.79 Å². The Morgan fingerprint density at radius 3 is 2.47 bits per heavy atom. The quantitative estimate of drug-likeness (QED) is 0.272. The van der Waals surface area contributed by atoms with Crippen LogP contribution in [0.4, 0.5) is 0 Å². The van der Waals surface area contributed by atoms with Crippen LogP contribution in [0.3, 0.4) is 0 Å². The molecule has 1 atom stereocenters. The Morgan fingerprint density at radius 1 is 1.03 bits per heavy atom. The molecule has 5 nitrogen and oxygen atoms in total. The molecule has 3 aromatic rings. The number of carboxylic acid groups (broad SMARTS) is 1. The third kappa shape index (κ3) is 5.62. The van der Waals surface area contributed by atoms with Crippen molar-refractivity contribution in [2.75, 3.05) is 0 Å². The maximum absolute atomic E-state index is 13.1. The topological polar surface area (TPSA) is 66.8 Å². The number of thiocarbonyl (C=S) groups is 1. The summed E-state index contributed by atoms with van der Waals surface area (Å²) in [6, 6.07) is 20.1. The molecular formula is C25H17Cl2NO4S2. The van der Waals surface area contributed by atoms with Crippen LogP contribution in [-0.4, -0.2) is 32.2 Å². The summed E-state index contributed by atoms with van der Waals surface area (Å²) in [7, 11) is 0. The molecule has 0 saturated carbocycles. The first-order chi connectivity index (χ1) is 16.3. The van der Waals surface area contributed by atoms with Gasteiger partial charge in [-0.2, -0.15) is 0 Å². The summed E-state index contributed by atoms with van der Waals surface area (Å²) >= 11 is 18.4. The van der Waals surface area contributed by atoms with Crippen LogP contribution in [0.2, 0.25) is 10.0 Å². The molecule has 4 rings (SSSR count). The van der Waals surface area contributed by atoms with Crippen molar-refractivity contribution in [1.29, 1.82) is 0 Å². The number of nitrogens with zero attached hydrogens (tertiary/aromatic N) is 1. The number of carbonyl (C=O) groups excluding carboxylic acids is 1. The molecule has 172 valence electrons. The predicted molar refractivity (Wildman–Crippen MR) is 140 cm³/mol. The number of amides is 1. The van der Waals surface area contributed by atoms with Gasteiger partial charge in [-0.15, -0.1) is 0 Å². The van der Waals surface area contributed by atoms with Gasteiger partial charge in [0.05, 0.1) is 15.0 Å². The highest BCUT2D eigenvalue weighted by atomic mass is 35.5. The molecule has 0 unspecified atom stereocenters. The van der Waals surface area contributed by atoms with Gasteiger partial charge in [0.1, 0.15) is 21.9 Å². The van der Waals surface area contributed by atoms with Crippen molar-refractivity contribution in [3.63, 3.8) is 0 Å². The summed E-state index contributed by atoms with van der Waals surface area (Å²) in [5.41, 5.74) is 1.51. The van der Waals surface area contributed by atoms with Crippen molar-refractivity contribution >= 4 is 69.5 Å². The second kappa shape index (κ2) is 10.6. The predicted octanol–water partition coefficient (Wildman–Crippen LogP) is 6.68. The Kier molecular flexibility index (Phi) is 7.58. The van der Waals surface area contributed by atoms with E-state index in [-0.39, 0.29) is 10.7 Å². The van der Waals surface area contributed by atoms with Crippen molar-refractivity contribution in [2.45, 2.75) is 12.5 Å².